The van der Waals surface area contributed by atoms with Gasteiger partial charge in [0.2, 0.25) is 5.91 Å². The van der Waals surface area contributed by atoms with E-state index in [0.717, 1.165) is 84.2 Å². The first-order valence-electron chi connectivity index (χ1n) is 19.7. The molecule has 4 fully saturated rings. The summed E-state index contributed by atoms with van der Waals surface area (Å²) < 4.78 is 17.7. The van der Waals surface area contributed by atoms with E-state index in [-0.39, 0.29) is 46.7 Å². The van der Waals surface area contributed by atoms with Crippen molar-refractivity contribution < 1.29 is 9.18 Å². The van der Waals surface area contributed by atoms with Crippen molar-refractivity contribution in [1.82, 2.24) is 34.1 Å². The van der Waals surface area contributed by atoms with Crippen molar-refractivity contribution in [2.75, 3.05) is 52.9 Å². The number of piperidine rings is 1. The normalized spacial score (nSPS) is 25.8. The van der Waals surface area contributed by atoms with E-state index in [9.17, 15) is 18.8 Å². The second-order valence-corrected chi connectivity index (χ2v) is 15.8. The average molecular weight is 702 g/mol. The van der Waals surface area contributed by atoms with Gasteiger partial charge in [-0.15, -0.1) is 0 Å². The molecule has 4 heterocycles. The molecule has 11 heteroatoms. The Bertz CT molecular complexity index is 1760. The molecule has 0 radical (unpaired) electrons. The maximum atomic E-state index is 14.6. The highest BCUT2D eigenvalue weighted by molar-refractivity contribution is 5.76. The van der Waals surface area contributed by atoms with E-state index in [1.54, 1.807) is 4.57 Å². The summed E-state index contributed by atoms with van der Waals surface area (Å²) >= 11 is 0. The van der Waals surface area contributed by atoms with Crippen LogP contribution in [0.5, 0.6) is 0 Å². The number of halogens is 1. The number of nitrogens with zero attached hydrogens (tertiary/aromatic N) is 6. The highest BCUT2D eigenvalue weighted by Crippen LogP contribution is 2.39. The molecule has 1 N–H and O–H groups in total. The van der Waals surface area contributed by atoms with Gasteiger partial charge in [0.1, 0.15) is 11.5 Å². The van der Waals surface area contributed by atoms with E-state index in [2.05, 4.69) is 56.3 Å². The number of benzene rings is 1. The molecule has 51 heavy (non-hydrogen) atoms. The zero-order valence-corrected chi connectivity index (χ0v) is 30.4. The highest BCUT2D eigenvalue weighted by atomic mass is 19.1. The first-order valence-corrected chi connectivity index (χ1v) is 19.7. The van der Waals surface area contributed by atoms with Crippen LogP contribution < -0.4 is 16.6 Å². The topological polar surface area (TPSA) is 95.7 Å². The van der Waals surface area contributed by atoms with Crippen LogP contribution in [0, 0.1) is 5.82 Å². The lowest BCUT2D eigenvalue weighted by atomic mass is 9.81. The molecular formula is C40H56FN7O3. The molecule has 2 saturated heterocycles. The number of carbonyl (C=O) groups is 1. The third kappa shape index (κ3) is 8.63. The van der Waals surface area contributed by atoms with Crippen molar-refractivity contribution in [3.8, 4) is 0 Å². The number of pyridine rings is 1. The van der Waals surface area contributed by atoms with Crippen LogP contribution in [-0.2, 0) is 11.3 Å². The van der Waals surface area contributed by atoms with E-state index in [4.69, 9.17) is 0 Å². The molecule has 3 aromatic rings. The first kappa shape index (κ1) is 36.0. The number of aromatic nitrogens is 3. The zero-order chi connectivity index (χ0) is 35.3. The third-order valence-electron chi connectivity index (χ3n) is 12.1. The minimum absolute atomic E-state index is 0.0316. The van der Waals surface area contributed by atoms with Gasteiger partial charge < -0.3 is 15.1 Å². The van der Waals surface area contributed by atoms with Gasteiger partial charge in [0.05, 0.1) is 11.6 Å². The number of rotatable bonds is 9. The molecule has 2 atom stereocenters. The van der Waals surface area contributed by atoms with Crippen LogP contribution >= 0.6 is 0 Å². The van der Waals surface area contributed by atoms with Gasteiger partial charge in [0.15, 0.2) is 0 Å². The molecule has 7 rings (SSSR count). The Labute approximate surface area is 301 Å². The van der Waals surface area contributed by atoms with Crippen molar-refractivity contribution in [2.45, 2.75) is 114 Å². The Morgan fingerprint density at radius 3 is 2.37 bits per heavy atom. The van der Waals surface area contributed by atoms with Crippen LogP contribution in [0.15, 0.2) is 46.1 Å². The summed E-state index contributed by atoms with van der Waals surface area (Å²) in [5.74, 6) is -0.231. The third-order valence-corrected chi connectivity index (χ3v) is 12.1. The predicted octanol–water partition coefficient (Wildman–Crippen LogP) is 5.21. The van der Waals surface area contributed by atoms with Crippen LogP contribution in [0.1, 0.15) is 113 Å². The quantitative estimate of drug-likeness (QED) is 0.328. The summed E-state index contributed by atoms with van der Waals surface area (Å²) in [6.45, 7) is 8.35. The van der Waals surface area contributed by atoms with Gasteiger partial charge in [-0.2, -0.15) is 0 Å². The smallest absolute Gasteiger partial charge is 0.333 e. The molecule has 2 aliphatic heterocycles. The summed E-state index contributed by atoms with van der Waals surface area (Å²) in [5, 5.41) is 3.37. The lowest BCUT2D eigenvalue weighted by Crippen LogP contribution is -2.46. The summed E-state index contributed by atoms with van der Waals surface area (Å²) in [7, 11) is 2.20. The Kier molecular flexibility index (Phi) is 11.6. The average Bonchev–Trinajstić information content (AvgIpc) is 3.36. The van der Waals surface area contributed by atoms with Gasteiger partial charge in [0, 0.05) is 50.7 Å². The number of amides is 1. The molecule has 2 unspecified atom stereocenters. The lowest BCUT2D eigenvalue weighted by molar-refractivity contribution is -0.122. The monoisotopic (exact) mass is 701 g/mol. The van der Waals surface area contributed by atoms with E-state index < -0.39 is 11.4 Å². The number of likely N-dealkylation sites (N-methyl/N-ethyl adjacent to an activating group) is 1. The molecule has 276 valence electrons. The highest BCUT2D eigenvalue weighted by Gasteiger charge is 2.32. The molecule has 1 aromatic carbocycles. The van der Waals surface area contributed by atoms with Crippen LogP contribution in [0.3, 0.4) is 0 Å². The van der Waals surface area contributed by atoms with E-state index in [1.807, 2.05) is 0 Å². The van der Waals surface area contributed by atoms with Gasteiger partial charge in [-0.25, -0.2) is 14.2 Å². The van der Waals surface area contributed by atoms with Crippen molar-refractivity contribution in [1.29, 1.82) is 0 Å². The fourth-order valence-corrected chi connectivity index (χ4v) is 9.19. The van der Waals surface area contributed by atoms with E-state index in [0.29, 0.717) is 32.1 Å². The number of hydrogen-bond acceptors (Lipinski definition) is 7. The largest absolute Gasteiger partial charge is 0.353 e. The minimum Gasteiger partial charge on any atom is -0.353 e. The molecule has 1 amide bonds. The minimum atomic E-state index is -0.582. The van der Waals surface area contributed by atoms with Gasteiger partial charge >= 0.3 is 5.69 Å². The molecule has 2 aromatic heterocycles. The van der Waals surface area contributed by atoms with Gasteiger partial charge in [-0.1, -0.05) is 37.1 Å². The molecule has 2 saturated carbocycles. The Morgan fingerprint density at radius 2 is 1.59 bits per heavy atom. The fraction of sp³-hybridized carbons (Fsp3) is 0.650. The second-order valence-electron chi connectivity index (χ2n) is 15.8. The number of hydrogen-bond donors (Lipinski definition) is 1. The number of fused-ring (bicyclic) bond motifs is 1. The van der Waals surface area contributed by atoms with E-state index in [1.165, 1.54) is 47.4 Å². The first-order chi connectivity index (χ1) is 24.8. The molecule has 0 bridgehead atoms. The molecular weight excluding hydrogens is 645 g/mol. The second kappa shape index (κ2) is 16.5. The lowest BCUT2D eigenvalue weighted by Gasteiger charge is -2.33. The van der Waals surface area contributed by atoms with Crippen molar-refractivity contribution >= 4 is 16.9 Å². The number of likely N-dealkylation sites (tertiary alicyclic amines) is 1. The molecule has 4 aliphatic rings. The molecule has 10 nitrogen and oxygen atoms in total. The van der Waals surface area contributed by atoms with E-state index >= 15 is 0 Å². The molecule has 2 aliphatic carbocycles. The van der Waals surface area contributed by atoms with Crippen molar-refractivity contribution in [3.63, 3.8) is 0 Å². The van der Waals surface area contributed by atoms with Gasteiger partial charge in [-0.05, 0) is 121 Å². The van der Waals surface area contributed by atoms with Crippen LogP contribution in [0.4, 0.5) is 4.39 Å². The Balaban J connectivity index is 1.05. The van der Waals surface area contributed by atoms with Crippen LogP contribution in [0.2, 0.25) is 0 Å². The summed E-state index contributed by atoms with van der Waals surface area (Å²) in [6, 6.07) is 9.85. The number of nitrogens with one attached hydrogen (secondary N) is 1. The zero-order valence-electron chi connectivity index (χ0n) is 30.4. The molecule has 0 spiro atoms. The standard InChI is InChI=1S/C40H56FN7O3/c1-44-18-6-21-46(24-23-44)28-29-9-11-30(12-10-29)31-7-5-8-35(25-31)47-38-36(26-32(41)27-42-38)39(50)48(40(47)51)34-15-13-33(14-16-34)43-37(49)17-22-45-19-3-2-4-20-45/h9-12,26-27,31,33-35H,2-8,13-25,28H2,1H3,(H,43,49). The summed E-state index contributed by atoms with van der Waals surface area (Å²) in [5.41, 5.74) is 2.07. The van der Waals surface area contributed by atoms with Crippen molar-refractivity contribution in [3.05, 3.63) is 74.3 Å². The Hall–Kier alpha value is -3.41. The summed E-state index contributed by atoms with van der Waals surface area (Å²) in [6.07, 6.45) is 12.7. The predicted molar refractivity (Wildman–Crippen MR) is 199 cm³/mol. The SMILES string of the molecule is CN1CCCN(Cc2ccc(C3CCCC(n4c(=O)n(C5CCC(NC(=O)CCN6CCCCC6)CC5)c(=O)c5cc(F)cnc54)C3)cc2)CC1. The van der Waals surface area contributed by atoms with Crippen LogP contribution in [0.25, 0.3) is 11.0 Å². The number of carbonyl (C=O) groups excluding carboxylic acids is 1. The summed E-state index contributed by atoms with van der Waals surface area (Å²) in [4.78, 5) is 52.7. The maximum absolute atomic E-state index is 14.6. The van der Waals surface area contributed by atoms with Crippen LogP contribution in [-0.4, -0.2) is 93.6 Å². The van der Waals surface area contributed by atoms with Gasteiger partial charge in [-0.3, -0.25) is 23.6 Å². The van der Waals surface area contributed by atoms with Crippen molar-refractivity contribution in [2.24, 2.45) is 0 Å². The maximum Gasteiger partial charge on any atom is 0.333 e. The van der Waals surface area contributed by atoms with Gasteiger partial charge in [0.25, 0.3) is 5.56 Å². The Morgan fingerprint density at radius 1 is 0.824 bits per heavy atom. The fourth-order valence-electron chi connectivity index (χ4n) is 9.19.